The minimum Gasteiger partial charge on any atom is -0.480 e. The molecule has 6 nitrogen and oxygen atoms in total. The van der Waals surface area contributed by atoms with Gasteiger partial charge in [0.25, 0.3) is 0 Å². The Morgan fingerprint density at radius 2 is 2.15 bits per heavy atom. The van der Waals surface area contributed by atoms with Crippen LogP contribution in [0.1, 0.15) is 37.4 Å². The number of aliphatic carboxylic acids is 1. The zero-order valence-corrected chi connectivity index (χ0v) is 11.8. The van der Waals surface area contributed by atoms with Crippen LogP contribution in [0.25, 0.3) is 0 Å². The number of hydrogen-bond donors (Lipinski definition) is 3. The first kappa shape index (κ1) is 15.9. The van der Waals surface area contributed by atoms with Crippen molar-refractivity contribution in [3.8, 4) is 0 Å². The normalized spacial score (nSPS) is 11.7. The standard InChI is InChI=1S/C14H21N3O3/c1-3-4-5-12(13(18)19)17-14(20)16-9-11-7-6-10(2)15-8-11/h6-8,12H,3-5,9H2,1-2H3,(H,18,19)(H2,16,17,20)/t12-/m0/s1. The van der Waals surface area contributed by atoms with Gasteiger partial charge in [-0.15, -0.1) is 0 Å². The molecule has 3 N–H and O–H groups in total. The summed E-state index contributed by atoms with van der Waals surface area (Å²) in [5.41, 5.74) is 1.77. The number of urea groups is 1. The molecule has 0 radical (unpaired) electrons. The summed E-state index contributed by atoms with van der Waals surface area (Å²) in [5, 5.41) is 14.1. The van der Waals surface area contributed by atoms with E-state index in [0.29, 0.717) is 13.0 Å². The van der Waals surface area contributed by atoms with Crippen LogP contribution in [0.5, 0.6) is 0 Å². The van der Waals surface area contributed by atoms with Gasteiger partial charge >= 0.3 is 12.0 Å². The van der Waals surface area contributed by atoms with Gasteiger partial charge < -0.3 is 15.7 Å². The van der Waals surface area contributed by atoms with Crippen molar-refractivity contribution < 1.29 is 14.7 Å². The molecule has 1 aromatic heterocycles. The van der Waals surface area contributed by atoms with Crippen molar-refractivity contribution in [1.82, 2.24) is 15.6 Å². The molecule has 0 spiro atoms. The molecular weight excluding hydrogens is 258 g/mol. The molecule has 0 saturated carbocycles. The highest BCUT2D eigenvalue weighted by Gasteiger charge is 2.18. The summed E-state index contributed by atoms with van der Waals surface area (Å²) in [6.07, 6.45) is 3.77. The van der Waals surface area contributed by atoms with Crippen molar-refractivity contribution in [2.45, 2.75) is 45.7 Å². The average molecular weight is 279 g/mol. The topological polar surface area (TPSA) is 91.3 Å². The van der Waals surface area contributed by atoms with Crippen LogP contribution in [0.15, 0.2) is 18.3 Å². The van der Waals surface area contributed by atoms with Crippen molar-refractivity contribution in [3.05, 3.63) is 29.6 Å². The summed E-state index contributed by atoms with van der Waals surface area (Å²) in [6.45, 7) is 4.18. The predicted octanol–water partition coefficient (Wildman–Crippen LogP) is 1.83. The van der Waals surface area contributed by atoms with Gasteiger partial charge in [0.1, 0.15) is 6.04 Å². The molecule has 0 aromatic carbocycles. The molecule has 1 aromatic rings. The Morgan fingerprint density at radius 1 is 1.40 bits per heavy atom. The van der Waals surface area contributed by atoms with Crippen LogP contribution in [0, 0.1) is 6.92 Å². The molecule has 0 aliphatic rings. The highest BCUT2D eigenvalue weighted by molar-refractivity contribution is 5.82. The molecule has 6 heteroatoms. The lowest BCUT2D eigenvalue weighted by Gasteiger charge is -2.14. The number of nitrogens with zero attached hydrogens (tertiary/aromatic N) is 1. The van der Waals surface area contributed by atoms with Gasteiger partial charge in [0.15, 0.2) is 0 Å². The molecule has 1 heterocycles. The van der Waals surface area contributed by atoms with E-state index >= 15 is 0 Å². The number of hydrogen-bond acceptors (Lipinski definition) is 3. The number of rotatable bonds is 7. The molecule has 1 atom stereocenters. The maximum atomic E-state index is 11.7. The van der Waals surface area contributed by atoms with Crippen molar-refractivity contribution in [3.63, 3.8) is 0 Å². The Labute approximate surface area is 118 Å². The number of carboxylic acids is 1. The zero-order chi connectivity index (χ0) is 15.0. The lowest BCUT2D eigenvalue weighted by molar-refractivity contribution is -0.139. The zero-order valence-electron chi connectivity index (χ0n) is 11.8. The van der Waals surface area contributed by atoms with Gasteiger partial charge in [-0.05, 0) is 25.0 Å². The number of carbonyl (C=O) groups is 2. The molecule has 20 heavy (non-hydrogen) atoms. The van der Waals surface area contributed by atoms with Crippen LogP contribution in [0.3, 0.4) is 0 Å². The van der Waals surface area contributed by atoms with E-state index in [-0.39, 0.29) is 0 Å². The van der Waals surface area contributed by atoms with Gasteiger partial charge in [0.2, 0.25) is 0 Å². The maximum absolute atomic E-state index is 11.7. The third kappa shape index (κ3) is 5.69. The Hall–Kier alpha value is -2.11. The number of amides is 2. The Morgan fingerprint density at radius 3 is 2.70 bits per heavy atom. The van der Waals surface area contributed by atoms with Crippen LogP contribution < -0.4 is 10.6 Å². The molecule has 0 unspecified atom stereocenters. The monoisotopic (exact) mass is 279 g/mol. The van der Waals surface area contributed by atoms with E-state index in [2.05, 4.69) is 15.6 Å². The van der Waals surface area contributed by atoms with Gasteiger partial charge in [0, 0.05) is 18.4 Å². The Bertz CT molecular complexity index is 445. The number of aromatic nitrogens is 1. The van der Waals surface area contributed by atoms with Crippen LogP contribution in [0.4, 0.5) is 4.79 Å². The highest BCUT2D eigenvalue weighted by Crippen LogP contribution is 2.01. The Kier molecular flexibility index (Phi) is 6.49. The van der Waals surface area contributed by atoms with Crippen molar-refractivity contribution in [1.29, 1.82) is 0 Å². The number of aryl methyl sites for hydroxylation is 1. The maximum Gasteiger partial charge on any atom is 0.326 e. The molecule has 110 valence electrons. The van der Waals surface area contributed by atoms with Crippen LogP contribution in [0.2, 0.25) is 0 Å². The van der Waals surface area contributed by atoms with Crippen molar-refractivity contribution in [2.24, 2.45) is 0 Å². The summed E-state index contributed by atoms with van der Waals surface area (Å²) in [6, 6.07) is 2.41. The SMILES string of the molecule is CCCC[C@H](NC(=O)NCc1ccc(C)nc1)C(=O)O. The first-order valence-electron chi connectivity index (χ1n) is 6.71. The van der Waals surface area contributed by atoms with Gasteiger partial charge in [-0.25, -0.2) is 9.59 Å². The Balaban J connectivity index is 2.41. The van der Waals surface area contributed by atoms with E-state index in [1.54, 1.807) is 6.20 Å². The number of pyridine rings is 1. The van der Waals surface area contributed by atoms with E-state index in [1.165, 1.54) is 0 Å². The van der Waals surface area contributed by atoms with Gasteiger partial charge in [-0.1, -0.05) is 25.8 Å². The summed E-state index contributed by atoms with van der Waals surface area (Å²) >= 11 is 0. The fraction of sp³-hybridized carbons (Fsp3) is 0.500. The number of unbranched alkanes of at least 4 members (excludes halogenated alkanes) is 1. The lowest BCUT2D eigenvalue weighted by atomic mass is 10.1. The third-order valence-corrected chi connectivity index (χ3v) is 2.88. The van der Waals surface area contributed by atoms with E-state index in [9.17, 15) is 9.59 Å². The second kappa shape index (κ2) is 8.14. The summed E-state index contributed by atoms with van der Waals surface area (Å²) in [5.74, 6) is -1.01. The minimum absolute atomic E-state index is 0.319. The van der Waals surface area contributed by atoms with Gasteiger partial charge in [0.05, 0.1) is 0 Å². The summed E-state index contributed by atoms with van der Waals surface area (Å²) in [7, 11) is 0. The van der Waals surface area contributed by atoms with E-state index in [4.69, 9.17) is 5.11 Å². The smallest absolute Gasteiger partial charge is 0.326 e. The molecular formula is C14H21N3O3. The molecule has 0 fully saturated rings. The molecule has 0 aliphatic heterocycles. The molecule has 2 amide bonds. The van der Waals surface area contributed by atoms with E-state index in [1.807, 2.05) is 26.0 Å². The highest BCUT2D eigenvalue weighted by atomic mass is 16.4. The fourth-order valence-electron chi connectivity index (χ4n) is 1.66. The second-order valence-electron chi connectivity index (χ2n) is 4.67. The molecule has 0 saturated heterocycles. The van der Waals surface area contributed by atoms with Gasteiger partial charge in [-0.3, -0.25) is 4.98 Å². The fourth-order valence-corrected chi connectivity index (χ4v) is 1.66. The largest absolute Gasteiger partial charge is 0.480 e. The second-order valence-corrected chi connectivity index (χ2v) is 4.67. The first-order valence-corrected chi connectivity index (χ1v) is 6.71. The minimum atomic E-state index is -1.01. The number of carbonyl (C=O) groups excluding carboxylic acids is 1. The van der Waals surface area contributed by atoms with Crippen molar-refractivity contribution >= 4 is 12.0 Å². The van der Waals surface area contributed by atoms with Crippen LogP contribution in [-0.4, -0.2) is 28.1 Å². The van der Waals surface area contributed by atoms with Crippen LogP contribution >= 0.6 is 0 Å². The quantitative estimate of drug-likeness (QED) is 0.710. The first-order chi connectivity index (χ1) is 9.52. The number of nitrogens with one attached hydrogen (secondary N) is 2. The average Bonchev–Trinajstić information content (AvgIpc) is 2.42. The van der Waals surface area contributed by atoms with Crippen molar-refractivity contribution in [2.75, 3.05) is 0 Å². The molecule has 1 rings (SSSR count). The lowest BCUT2D eigenvalue weighted by Crippen LogP contribution is -2.45. The third-order valence-electron chi connectivity index (χ3n) is 2.88. The predicted molar refractivity (Wildman–Crippen MR) is 75.3 cm³/mol. The molecule has 0 aliphatic carbocycles. The number of carboxylic acid groups (broad SMARTS) is 1. The molecule has 0 bridgehead atoms. The summed E-state index contributed by atoms with van der Waals surface area (Å²) in [4.78, 5) is 26.8. The van der Waals surface area contributed by atoms with E-state index < -0.39 is 18.0 Å². The van der Waals surface area contributed by atoms with Gasteiger partial charge in [-0.2, -0.15) is 0 Å². The van der Waals surface area contributed by atoms with Crippen LogP contribution in [-0.2, 0) is 11.3 Å². The van der Waals surface area contributed by atoms with E-state index in [0.717, 1.165) is 24.1 Å². The summed E-state index contributed by atoms with van der Waals surface area (Å²) < 4.78 is 0.